The monoisotopic (exact) mass is 853 g/mol. The number of Topliss-reactive ketones (excluding diaryl/α,β-unsaturated/α-hetero) is 1. The maximum Gasteiger partial charge on any atom is 0.389 e. The summed E-state index contributed by atoms with van der Waals surface area (Å²) in [7, 11) is 0. The third-order valence-corrected chi connectivity index (χ3v) is 9.15. The molecule has 0 aliphatic carbocycles. The minimum atomic E-state index is -4.34. The van der Waals surface area contributed by atoms with Gasteiger partial charge in [-0.05, 0) is 67.0 Å². The number of halogens is 3. The number of benzene rings is 3. The third kappa shape index (κ3) is 9.32. The molecule has 1 aromatic heterocycles. The molecule has 8 heteroatoms. The molecule has 0 saturated carbocycles. The van der Waals surface area contributed by atoms with Crippen molar-refractivity contribution in [1.82, 2.24) is 4.98 Å². The van der Waals surface area contributed by atoms with Crippen LogP contribution in [0.2, 0.25) is 0 Å². The van der Waals surface area contributed by atoms with Crippen LogP contribution in [0.4, 0.5) is 13.2 Å². The number of hydrogen-bond acceptors (Lipinski definition) is 4. The van der Waals surface area contributed by atoms with E-state index in [-0.39, 0.29) is 49.2 Å². The first-order valence-corrected chi connectivity index (χ1v) is 17.1. The molecule has 1 unspecified atom stereocenters. The van der Waals surface area contributed by atoms with Gasteiger partial charge in [-0.3, -0.25) is 9.78 Å². The van der Waals surface area contributed by atoms with Crippen molar-refractivity contribution in [3.05, 3.63) is 77.2 Å². The van der Waals surface area contributed by atoms with Gasteiger partial charge >= 0.3 is 6.18 Å². The minimum absolute atomic E-state index is 0. The summed E-state index contributed by atoms with van der Waals surface area (Å²) >= 11 is 0. The summed E-state index contributed by atoms with van der Waals surface area (Å²) < 4.78 is 43.8. The molecule has 1 aliphatic rings. The molecule has 0 amide bonds. The van der Waals surface area contributed by atoms with Gasteiger partial charge in [0.05, 0.1) is 12.2 Å². The summed E-state index contributed by atoms with van der Waals surface area (Å²) in [5.41, 5.74) is 4.72. The molecule has 1 N–H and O–H groups in total. The van der Waals surface area contributed by atoms with E-state index < -0.39 is 24.3 Å². The average Bonchev–Trinajstić information content (AvgIpc) is 3.03. The van der Waals surface area contributed by atoms with Gasteiger partial charge in [0, 0.05) is 54.8 Å². The number of rotatable bonds is 9. The zero-order valence-corrected chi connectivity index (χ0v) is 32.5. The summed E-state index contributed by atoms with van der Waals surface area (Å²) in [5.74, 6) is 0.367. The van der Waals surface area contributed by atoms with Crippen molar-refractivity contribution >= 4 is 27.3 Å². The Morgan fingerprint density at radius 1 is 0.980 bits per heavy atom. The smallest absolute Gasteiger partial charge is 0.389 e. The van der Waals surface area contributed by atoms with Gasteiger partial charge in [0.1, 0.15) is 11.5 Å². The Morgan fingerprint density at radius 2 is 1.61 bits per heavy atom. The normalized spacial score (nSPS) is 13.7. The van der Waals surface area contributed by atoms with E-state index in [4.69, 9.17) is 9.72 Å². The Balaban J connectivity index is 0.000000287. The van der Waals surface area contributed by atoms with Gasteiger partial charge in [-0.15, -0.1) is 17.5 Å². The van der Waals surface area contributed by atoms with Crippen LogP contribution in [0.1, 0.15) is 105 Å². The van der Waals surface area contributed by atoms with Gasteiger partial charge in [0.25, 0.3) is 0 Å². The molecular formula is C41H49F3IrNO3-. The number of aliphatic hydroxyl groups is 1. The molecular weight excluding hydrogens is 804 g/mol. The molecule has 1 atom stereocenters. The van der Waals surface area contributed by atoms with Crippen molar-refractivity contribution in [3.8, 4) is 22.8 Å². The number of pyridine rings is 1. The standard InChI is InChI=1S/C27H26NO.C14H23F3O2.Ir/c1-16(2)19-12-18-10-11-28-25-21-13-17-8-6-7-9-20(17)22(15-27(3,4)5)26(21)29-23(14-19)24(18)25;1-5-10(6-2)12(18)9(4)13(19)11(7-3)8-14(15,16)17;/h6-12,14,16H,15H2,1-5H3;10-11,19H,5-8H2,1-4H3;/q-1;;/b;13-9-;. The van der Waals surface area contributed by atoms with Crippen LogP contribution in [-0.2, 0) is 31.3 Å². The van der Waals surface area contributed by atoms with Crippen molar-refractivity contribution in [2.45, 2.75) is 107 Å². The fraction of sp³-hybridized carbons (Fsp3) is 0.463. The second-order valence-electron chi connectivity index (χ2n) is 14.4. The molecule has 49 heavy (non-hydrogen) atoms. The number of fused-ring (bicyclic) bond motifs is 3. The first-order valence-electron chi connectivity index (χ1n) is 17.1. The fourth-order valence-corrected chi connectivity index (χ4v) is 6.43. The van der Waals surface area contributed by atoms with Gasteiger partial charge < -0.3 is 9.84 Å². The van der Waals surface area contributed by atoms with Gasteiger partial charge in [-0.25, -0.2) is 0 Å². The van der Waals surface area contributed by atoms with E-state index >= 15 is 0 Å². The van der Waals surface area contributed by atoms with Crippen LogP contribution < -0.4 is 4.74 Å². The van der Waals surface area contributed by atoms with Crippen LogP contribution in [-0.4, -0.2) is 22.1 Å². The van der Waals surface area contributed by atoms with E-state index in [2.05, 4.69) is 83.1 Å². The van der Waals surface area contributed by atoms with Crippen LogP contribution in [0.5, 0.6) is 11.5 Å². The largest absolute Gasteiger partial charge is 0.512 e. The van der Waals surface area contributed by atoms with Crippen LogP contribution in [0, 0.1) is 23.3 Å². The Bertz CT molecular complexity index is 1820. The number of nitrogens with zero attached hydrogens (tertiary/aromatic N) is 1. The molecule has 5 rings (SSSR count). The summed E-state index contributed by atoms with van der Waals surface area (Å²) in [4.78, 5) is 16.8. The predicted octanol–water partition coefficient (Wildman–Crippen LogP) is 12.5. The molecule has 267 valence electrons. The van der Waals surface area contributed by atoms with Crippen molar-refractivity contribution in [2.75, 3.05) is 0 Å². The minimum Gasteiger partial charge on any atom is -0.512 e. The maximum absolute atomic E-state index is 12.4. The Labute approximate surface area is 302 Å². The van der Waals surface area contributed by atoms with Crippen LogP contribution in [0.3, 0.4) is 0 Å². The van der Waals surface area contributed by atoms with Crippen LogP contribution in [0.25, 0.3) is 32.8 Å². The molecule has 0 fully saturated rings. The number of ketones is 1. The van der Waals surface area contributed by atoms with Gasteiger partial charge in [0.2, 0.25) is 0 Å². The fourth-order valence-electron chi connectivity index (χ4n) is 6.43. The van der Waals surface area contributed by atoms with Gasteiger partial charge in [-0.2, -0.15) is 13.2 Å². The molecule has 0 spiro atoms. The molecule has 1 radical (unpaired) electrons. The Morgan fingerprint density at radius 3 is 2.18 bits per heavy atom. The zero-order chi connectivity index (χ0) is 35.6. The van der Waals surface area contributed by atoms with Crippen LogP contribution in [0.15, 0.2) is 60.0 Å². The second kappa shape index (κ2) is 16.2. The molecule has 4 nitrogen and oxygen atoms in total. The number of ether oxygens (including phenoxy) is 1. The zero-order valence-electron chi connectivity index (χ0n) is 30.1. The second-order valence-corrected chi connectivity index (χ2v) is 14.4. The number of carbonyl (C=O) groups is 1. The SMILES string of the molecule is CC(C)c1cc2c3c(nccc3c1)-c1[c-]c3ccccc3c(CC(C)(C)C)c1O2.CCC(CC)C(=O)/C(C)=C(\O)C(CC)CC(F)(F)F.[Ir]. The quantitative estimate of drug-likeness (QED) is 0.0912. The van der Waals surface area contributed by atoms with E-state index in [1.54, 1.807) is 6.92 Å². The first kappa shape index (κ1) is 40.2. The van der Waals surface area contributed by atoms with E-state index in [1.807, 2.05) is 20.0 Å². The van der Waals surface area contributed by atoms with Crippen LogP contribution >= 0.6 is 0 Å². The van der Waals surface area contributed by atoms with Crippen molar-refractivity contribution in [3.63, 3.8) is 0 Å². The van der Waals surface area contributed by atoms with E-state index in [1.165, 1.54) is 28.8 Å². The summed E-state index contributed by atoms with van der Waals surface area (Å²) in [6.07, 6.45) is -1.20. The first-order chi connectivity index (χ1) is 22.5. The number of allylic oxidation sites excluding steroid dienone is 2. The topological polar surface area (TPSA) is 59.4 Å². The average molecular weight is 853 g/mol. The van der Waals surface area contributed by atoms with Crippen molar-refractivity contribution in [2.24, 2.45) is 17.3 Å². The molecule has 3 aromatic carbocycles. The molecule has 0 bridgehead atoms. The number of alkyl halides is 3. The molecule has 1 aliphatic heterocycles. The molecule has 0 saturated heterocycles. The van der Waals surface area contributed by atoms with Gasteiger partial charge in [-0.1, -0.05) is 96.2 Å². The van der Waals surface area contributed by atoms with Crippen molar-refractivity contribution in [1.29, 1.82) is 0 Å². The maximum atomic E-state index is 12.4. The summed E-state index contributed by atoms with van der Waals surface area (Å²) in [6, 6.07) is 18.7. The van der Waals surface area contributed by atoms with E-state index in [9.17, 15) is 23.1 Å². The molecule has 4 aromatic rings. The number of hydrogen-bond donors (Lipinski definition) is 1. The number of carbonyl (C=O) groups excluding carboxylic acids is 1. The third-order valence-electron chi connectivity index (χ3n) is 9.15. The number of aromatic nitrogens is 1. The summed E-state index contributed by atoms with van der Waals surface area (Å²) in [6.45, 7) is 18.0. The van der Waals surface area contributed by atoms with E-state index in [0.29, 0.717) is 18.8 Å². The predicted molar refractivity (Wildman–Crippen MR) is 190 cm³/mol. The van der Waals surface area contributed by atoms with E-state index in [0.717, 1.165) is 39.9 Å². The number of aliphatic hydroxyl groups excluding tert-OH is 1. The van der Waals surface area contributed by atoms with Crippen molar-refractivity contribution < 1.29 is 47.9 Å². The van der Waals surface area contributed by atoms with Gasteiger partial charge in [0.15, 0.2) is 5.78 Å². The summed E-state index contributed by atoms with van der Waals surface area (Å²) in [5, 5.41) is 14.5. The Hall–Kier alpha value is -3.22. The molecule has 2 heterocycles. The Kier molecular flexibility index (Phi) is 13.3.